The summed E-state index contributed by atoms with van der Waals surface area (Å²) in [5.41, 5.74) is 3.14. The molecule has 7 heteroatoms. The fraction of sp³-hybridized carbons (Fsp3) is 0.167. The first-order chi connectivity index (χ1) is 14.9. The van der Waals surface area contributed by atoms with E-state index in [4.69, 9.17) is 0 Å². The predicted octanol–water partition coefficient (Wildman–Crippen LogP) is 3.06. The Morgan fingerprint density at radius 3 is 1.68 bits per heavy atom. The van der Waals surface area contributed by atoms with E-state index in [2.05, 4.69) is 0 Å². The molecule has 31 heavy (non-hydrogen) atoms. The number of carbonyl (C=O) groups is 4. The average molecular weight is 414 g/mol. The number of rotatable bonds is 3. The van der Waals surface area contributed by atoms with Gasteiger partial charge in [-0.1, -0.05) is 25.1 Å². The lowest BCUT2D eigenvalue weighted by molar-refractivity contribution is 0.0443. The number of para-hydroxylation sites is 1. The van der Waals surface area contributed by atoms with E-state index >= 15 is 0 Å². The van der Waals surface area contributed by atoms with E-state index in [1.165, 1.54) is 29.2 Å². The number of imide groups is 2. The lowest BCUT2D eigenvalue weighted by Crippen LogP contribution is -2.44. The van der Waals surface area contributed by atoms with Crippen molar-refractivity contribution in [2.24, 2.45) is 0 Å². The Kier molecular flexibility index (Phi) is 4.06. The van der Waals surface area contributed by atoms with Crippen molar-refractivity contribution in [1.82, 2.24) is 4.90 Å². The van der Waals surface area contributed by atoms with Gasteiger partial charge in [0.15, 0.2) is 0 Å². The molecule has 0 saturated heterocycles. The van der Waals surface area contributed by atoms with Crippen LogP contribution in [-0.4, -0.2) is 40.4 Å². The highest BCUT2D eigenvalue weighted by atomic mass is 16.3. The van der Waals surface area contributed by atoms with Crippen LogP contribution >= 0.6 is 0 Å². The average Bonchev–Trinajstić information content (AvgIpc) is 2.77. The van der Waals surface area contributed by atoms with Crippen LogP contribution in [0.2, 0.25) is 0 Å². The van der Waals surface area contributed by atoms with Crippen molar-refractivity contribution >= 4 is 40.1 Å². The molecule has 4 amide bonds. The summed E-state index contributed by atoms with van der Waals surface area (Å²) in [5.74, 6) is -2.29. The molecule has 3 aromatic rings. The molecule has 2 heterocycles. The molecule has 0 aliphatic carbocycles. The number of aryl methyl sites for hydroxylation is 2. The smallest absolute Gasteiger partial charge is 0.266 e. The van der Waals surface area contributed by atoms with E-state index in [0.29, 0.717) is 17.5 Å². The van der Waals surface area contributed by atoms with E-state index in [1.54, 1.807) is 0 Å². The Bertz CT molecular complexity index is 1290. The highest BCUT2D eigenvalue weighted by Gasteiger charge is 2.40. The number of benzene rings is 3. The molecule has 0 saturated carbocycles. The van der Waals surface area contributed by atoms with Crippen molar-refractivity contribution < 1.29 is 24.3 Å². The van der Waals surface area contributed by atoms with Crippen LogP contribution in [0.5, 0.6) is 0 Å². The van der Waals surface area contributed by atoms with Gasteiger partial charge < -0.3 is 5.11 Å². The van der Waals surface area contributed by atoms with Crippen molar-refractivity contribution in [2.75, 3.05) is 11.6 Å². The van der Waals surface area contributed by atoms with Gasteiger partial charge in [-0.3, -0.25) is 24.1 Å². The van der Waals surface area contributed by atoms with E-state index < -0.39 is 30.4 Å². The lowest BCUT2D eigenvalue weighted by Gasteiger charge is -2.32. The third-order valence-electron chi connectivity index (χ3n) is 6.05. The Labute approximate surface area is 177 Å². The molecule has 154 valence electrons. The first kappa shape index (κ1) is 19.1. The molecule has 0 fully saturated rings. The van der Waals surface area contributed by atoms with Crippen LogP contribution in [-0.2, 0) is 6.42 Å². The standard InChI is InChI=1S/C24H18N2O5/c1-3-13-6-4-5-12(2)20(13)26-23(30)16-9-7-14-18-15(22(29)25(11-27)21(14)28)8-10-17(19(16)18)24(26)31/h4-10,27H,3,11H2,1-2H3. The van der Waals surface area contributed by atoms with Gasteiger partial charge in [0.1, 0.15) is 6.73 Å². The molecule has 0 radical (unpaired) electrons. The van der Waals surface area contributed by atoms with Crippen LogP contribution in [0, 0.1) is 6.92 Å². The first-order valence-corrected chi connectivity index (χ1v) is 9.94. The lowest BCUT2D eigenvalue weighted by atomic mass is 9.85. The molecule has 0 aromatic heterocycles. The molecule has 3 aromatic carbocycles. The zero-order valence-electron chi connectivity index (χ0n) is 16.9. The topological polar surface area (TPSA) is 95.0 Å². The fourth-order valence-electron chi connectivity index (χ4n) is 4.58. The van der Waals surface area contributed by atoms with Crippen LogP contribution < -0.4 is 4.90 Å². The van der Waals surface area contributed by atoms with E-state index in [-0.39, 0.29) is 27.6 Å². The normalized spacial score (nSPS) is 15.3. The minimum atomic E-state index is -0.749. The van der Waals surface area contributed by atoms with Crippen molar-refractivity contribution in [3.05, 3.63) is 75.8 Å². The predicted molar refractivity (Wildman–Crippen MR) is 113 cm³/mol. The van der Waals surface area contributed by atoms with Gasteiger partial charge >= 0.3 is 0 Å². The number of aliphatic hydroxyl groups excluding tert-OH is 1. The number of hydrogen-bond acceptors (Lipinski definition) is 5. The molecule has 0 atom stereocenters. The molecule has 7 nitrogen and oxygen atoms in total. The molecule has 2 aliphatic heterocycles. The zero-order valence-corrected chi connectivity index (χ0v) is 16.9. The van der Waals surface area contributed by atoms with Crippen LogP contribution in [0.1, 0.15) is 59.5 Å². The maximum absolute atomic E-state index is 13.5. The molecular formula is C24H18N2O5. The fourth-order valence-corrected chi connectivity index (χ4v) is 4.58. The van der Waals surface area contributed by atoms with Crippen molar-refractivity contribution in [3.63, 3.8) is 0 Å². The second-order valence-electron chi connectivity index (χ2n) is 7.63. The van der Waals surface area contributed by atoms with Gasteiger partial charge in [0.2, 0.25) is 0 Å². The third kappa shape index (κ3) is 2.38. The summed E-state index contributed by atoms with van der Waals surface area (Å²) in [7, 11) is 0. The molecule has 0 bridgehead atoms. The summed E-state index contributed by atoms with van der Waals surface area (Å²) in [5, 5.41) is 10.1. The quantitative estimate of drug-likeness (QED) is 0.665. The Morgan fingerprint density at radius 2 is 1.23 bits per heavy atom. The summed E-state index contributed by atoms with van der Waals surface area (Å²) in [6.45, 7) is 3.06. The first-order valence-electron chi connectivity index (χ1n) is 9.94. The van der Waals surface area contributed by atoms with E-state index in [0.717, 1.165) is 16.0 Å². The Hall–Kier alpha value is -3.84. The number of aliphatic hydroxyl groups is 1. The number of carbonyl (C=O) groups excluding carboxylic acids is 4. The van der Waals surface area contributed by atoms with Gasteiger partial charge in [-0.2, -0.15) is 0 Å². The molecule has 2 aliphatic rings. The number of nitrogens with zero attached hydrogens (tertiary/aromatic N) is 2. The van der Waals surface area contributed by atoms with Crippen molar-refractivity contribution in [1.29, 1.82) is 0 Å². The highest BCUT2D eigenvalue weighted by Crippen LogP contribution is 2.40. The van der Waals surface area contributed by atoms with E-state index in [9.17, 15) is 24.3 Å². The molecule has 0 unspecified atom stereocenters. The Morgan fingerprint density at radius 1 is 0.742 bits per heavy atom. The van der Waals surface area contributed by atoms with Crippen LogP contribution in [0.15, 0.2) is 42.5 Å². The molecule has 1 N–H and O–H groups in total. The van der Waals surface area contributed by atoms with Crippen molar-refractivity contribution in [2.45, 2.75) is 20.3 Å². The maximum Gasteiger partial charge on any atom is 0.266 e. The summed E-state index contributed by atoms with van der Waals surface area (Å²) in [6, 6.07) is 11.6. The summed E-state index contributed by atoms with van der Waals surface area (Å²) >= 11 is 0. The summed E-state index contributed by atoms with van der Waals surface area (Å²) < 4.78 is 0. The summed E-state index contributed by atoms with van der Waals surface area (Å²) in [6.07, 6.45) is 0.647. The van der Waals surface area contributed by atoms with Gasteiger partial charge in [0.25, 0.3) is 23.6 Å². The number of hydrogen-bond donors (Lipinski definition) is 1. The zero-order chi connectivity index (χ0) is 22.0. The SMILES string of the molecule is CCc1cccc(C)c1N1C(=O)c2ccc3c4c(ccc(c24)C1=O)C(=O)N(CO)C3=O. The van der Waals surface area contributed by atoms with Gasteiger partial charge in [0, 0.05) is 33.0 Å². The van der Waals surface area contributed by atoms with Gasteiger partial charge in [0.05, 0.1) is 5.69 Å². The second kappa shape index (κ2) is 6.58. The van der Waals surface area contributed by atoms with Crippen LogP contribution in [0.4, 0.5) is 5.69 Å². The van der Waals surface area contributed by atoms with Crippen LogP contribution in [0.3, 0.4) is 0 Å². The minimum absolute atomic E-state index is 0.184. The highest BCUT2D eigenvalue weighted by molar-refractivity contribution is 6.39. The monoisotopic (exact) mass is 414 g/mol. The molecular weight excluding hydrogens is 396 g/mol. The van der Waals surface area contributed by atoms with Crippen LogP contribution in [0.25, 0.3) is 10.8 Å². The van der Waals surface area contributed by atoms with Gasteiger partial charge in [-0.15, -0.1) is 0 Å². The minimum Gasteiger partial charge on any atom is -0.376 e. The van der Waals surface area contributed by atoms with E-state index in [1.807, 2.05) is 32.0 Å². The molecule has 5 rings (SSSR count). The van der Waals surface area contributed by atoms with Gasteiger partial charge in [-0.25, -0.2) is 4.90 Å². The Balaban J connectivity index is 1.81. The number of amides is 4. The molecule has 0 spiro atoms. The largest absolute Gasteiger partial charge is 0.376 e. The maximum atomic E-state index is 13.5. The third-order valence-corrected chi connectivity index (χ3v) is 6.05. The number of anilines is 1. The second-order valence-corrected chi connectivity index (χ2v) is 7.63. The summed E-state index contributed by atoms with van der Waals surface area (Å²) in [4.78, 5) is 54.4. The van der Waals surface area contributed by atoms with Gasteiger partial charge in [-0.05, 0) is 48.7 Å². The van der Waals surface area contributed by atoms with Crippen molar-refractivity contribution in [3.8, 4) is 0 Å².